The number of hydrogen-bond acceptors (Lipinski definition) is 3. The maximum Gasteiger partial charge on any atom is 0.120 e. The van der Waals surface area contributed by atoms with E-state index in [9.17, 15) is 0 Å². The molecular weight excluding hydrogens is 313 g/mol. The van der Waals surface area contributed by atoms with Crippen LogP contribution in [0.1, 0.15) is 5.69 Å². The molecule has 0 spiro atoms. The van der Waals surface area contributed by atoms with Gasteiger partial charge in [0.15, 0.2) is 0 Å². The average Bonchev–Trinajstić information content (AvgIpc) is 2.58. The topological polar surface area (TPSA) is 19.4 Å². The largest absolute Gasteiger partial charge is 0.356 e. The molecule has 0 N–H and O–H groups in total. The number of likely N-dealkylation sites (N-methyl/N-ethyl adjacent to an activating group) is 2. The molecule has 1 aliphatic heterocycles. The van der Waals surface area contributed by atoms with Gasteiger partial charge in [-0.2, -0.15) is 0 Å². The van der Waals surface area contributed by atoms with E-state index in [0.717, 1.165) is 5.69 Å². The van der Waals surface area contributed by atoms with Gasteiger partial charge in [-0.05, 0) is 24.3 Å². The van der Waals surface area contributed by atoms with Gasteiger partial charge in [0.25, 0.3) is 0 Å². The number of hydrogen-bond donors (Lipinski definition) is 0. The highest BCUT2D eigenvalue weighted by molar-refractivity contribution is 14.0. The quantitative estimate of drug-likeness (QED) is 0.777. The minimum absolute atomic E-state index is 0. The molecule has 0 aliphatic carbocycles. The molecule has 16 heavy (non-hydrogen) atoms. The molecule has 1 aromatic heterocycles. The summed E-state index contributed by atoms with van der Waals surface area (Å²) in [7, 11) is 4.13. The fraction of sp³-hybridized carbons (Fsp3) is 0.250. The lowest BCUT2D eigenvalue weighted by molar-refractivity contribution is 0.258. The van der Waals surface area contributed by atoms with Crippen LogP contribution in [0.3, 0.4) is 0 Å². The Bertz CT molecular complexity index is 363. The third kappa shape index (κ3) is 2.98. The first kappa shape index (κ1) is 13.0. The van der Waals surface area contributed by atoms with Crippen LogP contribution in [0.4, 0.5) is 0 Å². The predicted molar refractivity (Wildman–Crippen MR) is 77.1 cm³/mol. The van der Waals surface area contributed by atoms with E-state index in [2.05, 4.69) is 47.4 Å². The average molecular weight is 329 g/mol. The number of rotatable bonds is 2. The SMILES string of the molecule is CN1C=CN(C)C1C=Cc1ccccn1.I. The summed E-state index contributed by atoms with van der Waals surface area (Å²) in [6, 6.07) is 5.92. The molecule has 1 aliphatic rings. The molecule has 4 heteroatoms. The minimum Gasteiger partial charge on any atom is -0.356 e. The maximum absolute atomic E-state index is 4.25. The zero-order chi connectivity index (χ0) is 10.7. The lowest BCUT2D eigenvalue weighted by Gasteiger charge is -2.24. The van der Waals surface area contributed by atoms with Crippen molar-refractivity contribution in [1.29, 1.82) is 0 Å². The van der Waals surface area contributed by atoms with Gasteiger partial charge in [-0.25, -0.2) is 0 Å². The number of aromatic nitrogens is 1. The first-order valence-corrected chi connectivity index (χ1v) is 4.99. The monoisotopic (exact) mass is 329 g/mol. The van der Waals surface area contributed by atoms with E-state index >= 15 is 0 Å². The molecule has 3 nitrogen and oxygen atoms in total. The van der Waals surface area contributed by atoms with E-state index in [0.29, 0.717) is 6.17 Å². The van der Waals surface area contributed by atoms with Crippen LogP contribution in [0.15, 0.2) is 42.9 Å². The van der Waals surface area contributed by atoms with Gasteiger partial charge in [-0.3, -0.25) is 4.98 Å². The molecule has 0 radical (unpaired) electrons. The van der Waals surface area contributed by atoms with Crippen LogP contribution in [0, 0.1) is 0 Å². The summed E-state index contributed by atoms with van der Waals surface area (Å²) in [6.07, 6.45) is 10.4. The van der Waals surface area contributed by atoms with Crippen molar-refractivity contribution >= 4 is 30.1 Å². The molecule has 2 heterocycles. The van der Waals surface area contributed by atoms with Crippen LogP contribution < -0.4 is 0 Å². The summed E-state index contributed by atoms with van der Waals surface area (Å²) in [5, 5.41) is 0. The second-order valence-corrected chi connectivity index (χ2v) is 3.66. The van der Waals surface area contributed by atoms with Crippen LogP contribution in [-0.2, 0) is 0 Å². The Morgan fingerprint density at radius 2 is 1.88 bits per heavy atom. The van der Waals surface area contributed by atoms with Crippen LogP contribution in [0.2, 0.25) is 0 Å². The van der Waals surface area contributed by atoms with Gasteiger partial charge in [0, 0.05) is 32.7 Å². The van der Waals surface area contributed by atoms with Gasteiger partial charge >= 0.3 is 0 Å². The van der Waals surface area contributed by atoms with E-state index in [1.54, 1.807) is 6.20 Å². The Morgan fingerprint density at radius 1 is 1.19 bits per heavy atom. The molecule has 0 fully saturated rings. The Kier molecular flexibility index (Phi) is 4.79. The van der Waals surface area contributed by atoms with Crippen LogP contribution >= 0.6 is 24.0 Å². The van der Waals surface area contributed by atoms with Gasteiger partial charge in [0.1, 0.15) is 6.17 Å². The second-order valence-electron chi connectivity index (χ2n) is 3.66. The number of nitrogens with zero attached hydrogens (tertiary/aromatic N) is 3. The third-order valence-corrected chi connectivity index (χ3v) is 2.50. The molecule has 0 atom stereocenters. The second kappa shape index (κ2) is 5.89. The smallest absolute Gasteiger partial charge is 0.120 e. The van der Waals surface area contributed by atoms with E-state index < -0.39 is 0 Å². The highest BCUT2D eigenvalue weighted by Crippen LogP contribution is 2.13. The van der Waals surface area contributed by atoms with Crippen molar-refractivity contribution < 1.29 is 0 Å². The lowest BCUT2D eigenvalue weighted by Crippen LogP contribution is -2.31. The fourth-order valence-electron chi connectivity index (χ4n) is 1.60. The molecule has 0 bridgehead atoms. The van der Waals surface area contributed by atoms with E-state index in [1.165, 1.54) is 0 Å². The Morgan fingerprint density at radius 3 is 2.44 bits per heavy atom. The molecule has 0 saturated heterocycles. The van der Waals surface area contributed by atoms with Gasteiger partial charge < -0.3 is 9.80 Å². The molecule has 86 valence electrons. The Hall–Kier alpha value is -1.04. The van der Waals surface area contributed by atoms with Crippen molar-refractivity contribution in [3.05, 3.63) is 48.6 Å². The first-order chi connectivity index (χ1) is 7.27. The van der Waals surface area contributed by atoms with Crippen molar-refractivity contribution in [2.45, 2.75) is 6.17 Å². The highest BCUT2D eigenvalue weighted by atomic mass is 127. The molecule has 1 aromatic rings. The molecule has 0 amide bonds. The molecule has 0 saturated carbocycles. The van der Waals surface area contributed by atoms with E-state index in [-0.39, 0.29) is 24.0 Å². The summed E-state index contributed by atoms with van der Waals surface area (Å²) in [6.45, 7) is 0. The lowest BCUT2D eigenvalue weighted by atomic mass is 10.3. The zero-order valence-corrected chi connectivity index (χ0v) is 11.8. The first-order valence-electron chi connectivity index (χ1n) is 4.99. The number of halogens is 1. The summed E-state index contributed by atoms with van der Waals surface area (Å²) >= 11 is 0. The van der Waals surface area contributed by atoms with Crippen molar-refractivity contribution in [3.8, 4) is 0 Å². The zero-order valence-electron chi connectivity index (χ0n) is 9.45. The molecule has 0 aromatic carbocycles. The molecular formula is C12H16IN3. The fourth-order valence-corrected chi connectivity index (χ4v) is 1.60. The van der Waals surface area contributed by atoms with Crippen molar-refractivity contribution in [3.63, 3.8) is 0 Å². The van der Waals surface area contributed by atoms with Gasteiger partial charge in [-0.1, -0.05) is 6.07 Å². The highest BCUT2D eigenvalue weighted by Gasteiger charge is 2.16. The van der Waals surface area contributed by atoms with Crippen LogP contribution in [-0.4, -0.2) is 35.0 Å². The third-order valence-electron chi connectivity index (χ3n) is 2.50. The van der Waals surface area contributed by atoms with Crippen LogP contribution in [0.5, 0.6) is 0 Å². The number of pyridine rings is 1. The maximum atomic E-state index is 4.25. The van der Waals surface area contributed by atoms with E-state index in [4.69, 9.17) is 0 Å². The summed E-state index contributed by atoms with van der Waals surface area (Å²) in [4.78, 5) is 8.55. The summed E-state index contributed by atoms with van der Waals surface area (Å²) in [5.74, 6) is 0. The molecule has 0 unspecified atom stereocenters. The predicted octanol–water partition coefficient (Wildman–Crippen LogP) is 2.39. The summed E-state index contributed by atoms with van der Waals surface area (Å²) < 4.78 is 0. The normalized spacial score (nSPS) is 15.9. The minimum atomic E-state index is 0. The van der Waals surface area contributed by atoms with Crippen molar-refractivity contribution in [1.82, 2.24) is 14.8 Å². The Labute approximate surface area is 113 Å². The van der Waals surface area contributed by atoms with Gasteiger partial charge in [0.2, 0.25) is 0 Å². The standard InChI is InChI=1S/C12H15N3.HI/c1-14-9-10-15(2)12(14)7-6-11-5-3-4-8-13-11;/h3-10,12H,1-2H3;1H. The Balaban J connectivity index is 0.00000128. The van der Waals surface area contributed by atoms with Crippen molar-refractivity contribution in [2.24, 2.45) is 0 Å². The van der Waals surface area contributed by atoms with Gasteiger partial charge in [-0.15, -0.1) is 24.0 Å². The summed E-state index contributed by atoms with van der Waals surface area (Å²) in [5.41, 5.74) is 0.992. The van der Waals surface area contributed by atoms with E-state index in [1.807, 2.05) is 24.3 Å². The molecule has 2 rings (SSSR count). The van der Waals surface area contributed by atoms with Gasteiger partial charge in [0.05, 0.1) is 5.69 Å². The van der Waals surface area contributed by atoms with Crippen molar-refractivity contribution in [2.75, 3.05) is 14.1 Å². The van der Waals surface area contributed by atoms with Crippen LogP contribution in [0.25, 0.3) is 6.08 Å².